The van der Waals surface area contributed by atoms with Crippen LogP contribution in [-0.2, 0) is 14.3 Å². The summed E-state index contributed by atoms with van der Waals surface area (Å²) in [6.45, 7) is 7.28. The Bertz CT molecular complexity index is 1050. The van der Waals surface area contributed by atoms with Crippen molar-refractivity contribution in [2.24, 2.45) is 0 Å². The zero-order chi connectivity index (χ0) is 24.1. The number of benzene rings is 2. The molecule has 1 atom stereocenters. The molecule has 1 amide bonds. The number of carbonyl (C=O) groups excluding carboxylic acids is 2. The average Bonchev–Trinajstić information content (AvgIpc) is 3.05. The SMILES string of the molecule is CCOc1ccc(C(O)=C2C(=O)C(=O)N(CCCOC)[C@H]2c2ccc(C(C)C)cc2)cc1Cl. The molecule has 1 heterocycles. The highest BCUT2D eigenvalue weighted by Gasteiger charge is 2.45. The van der Waals surface area contributed by atoms with E-state index in [1.54, 1.807) is 25.3 Å². The van der Waals surface area contributed by atoms with Crippen molar-refractivity contribution in [3.63, 3.8) is 0 Å². The van der Waals surface area contributed by atoms with Gasteiger partial charge in [-0.25, -0.2) is 0 Å². The van der Waals surface area contributed by atoms with Crippen LogP contribution in [0.25, 0.3) is 5.76 Å². The molecule has 0 unspecified atom stereocenters. The van der Waals surface area contributed by atoms with Gasteiger partial charge in [0.15, 0.2) is 0 Å². The van der Waals surface area contributed by atoms with E-state index in [2.05, 4.69) is 13.8 Å². The number of amides is 1. The van der Waals surface area contributed by atoms with Crippen LogP contribution in [0.4, 0.5) is 0 Å². The predicted octanol–water partition coefficient (Wildman–Crippen LogP) is 5.32. The second-order valence-electron chi connectivity index (χ2n) is 8.24. The number of hydrogen-bond acceptors (Lipinski definition) is 5. The van der Waals surface area contributed by atoms with Gasteiger partial charge in [-0.3, -0.25) is 9.59 Å². The van der Waals surface area contributed by atoms with Crippen LogP contribution in [0.1, 0.15) is 55.8 Å². The summed E-state index contributed by atoms with van der Waals surface area (Å²) >= 11 is 6.30. The molecule has 0 aromatic heterocycles. The molecule has 0 radical (unpaired) electrons. The van der Waals surface area contributed by atoms with Crippen molar-refractivity contribution in [2.75, 3.05) is 26.9 Å². The Hall–Kier alpha value is -2.83. The van der Waals surface area contributed by atoms with Crippen molar-refractivity contribution in [1.29, 1.82) is 0 Å². The van der Waals surface area contributed by atoms with Crippen LogP contribution in [0.3, 0.4) is 0 Å². The number of Topliss-reactive ketones (excluding diaryl/α,β-unsaturated/α-hetero) is 1. The number of rotatable bonds is 9. The van der Waals surface area contributed by atoms with Crippen LogP contribution in [0.5, 0.6) is 5.75 Å². The van der Waals surface area contributed by atoms with Crippen LogP contribution in [0, 0.1) is 0 Å². The Kier molecular flexibility index (Phi) is 8.16. The lowest BCUT2D eigenvalue weighted by molar-refractivity contribution is -0.140. The zero-order valence-electron chi connectivity index (χ0n) is 19.4. The summed E-state index contributed by atoms with van der Waals surface area (Å²) in [5, 5.41) is 11.5. The van der Waals surface area contributed by atoms with Gasteiger partial charge >= 0.3 is 0 Å². The Labute approximate surface area is 199 Å². The molecule has 1 aliphatic rings. The minimum absolute atomic E-state index is 0.0509. The smallest absolute Gasteiger partial charge is 0.295 e. The minimum Gasteiger partial charge on any atom is -0.507 e. The van der Waals surface area contributed by atoms with E-state index in [4.69, 9.17) is 21.1 Å². The molecular formula is C26H30ClNO5. The number of aliphatic hydroxyl groups excluding tert-OH is 1. The minimum atomic E-state index is -0.715. The van der Waals surface area contributed by atoms with Gasteiger partial charge in [0.25, 0.3) is 11.7 Å². The molecule has 0 aliphatic carbocycles. The number of hydrogen-bond donors (Lipinski definition) is 1. The number of ketones is 1. The molecule has 1 aliphatic heterocycles. The monoisotopic (exact) mass is 471 g/mol. The third-order valence-electron chi connectivity index (χ3n) is 5.71. The summed E-state index contributed by atoms with van der Waals surface area (Å²) in [6, 6.07) is 11.9. The predicted molar refractivity (Wildman–Crippen MR) is 129 cm³/mol. The molecule has 1 saturated heterocycles. The van der Waals surface area contributed by atoms with Crippen LogP contribution in [-0.4, -0.2) is 48.6 Å². The number of nitrogens with zero attached hydrogens (tertiary/aromatic N) is 1. The van der Waals surface area contributed by atoms with Gasteiger partial charge < -0.3 is 19.5 Å². The van der Waals surface area contributed by atoms with E-state index in [0.717, 1.165) is 11.1 Å². The summed E-state index contributed by atoms with van der Waals surface area (Å²) in [6.07, 6.45) is 0.568. The fourth-order valence-electron chi connectivity index (χ4n) is 3.98. The molecule has 0 bridgehead atoms. The van der Waals surface area contributed by atoms with E-state index >= 15 is 0 Å². The number of likely N-dealkylation sites (tertiary alicyclic amines) is 1. The van der Waals surface area contributed by atoms with E-state index < -0.39 is 17.7 Å². The van der Waals surface area contributed by atoms with Crippen molar-refractivity contribution in [3.05, 3.63) is 69.8 Å². The number of halogens is 1. The lowest BCUT2D eigenvalue weighted by Gasteiger charge is -2.25. The van der Waals surface area contributed by atoms with Gasteiger partial charge in [-0.2, -0.15) is 0 Å². The third kappa shape index (κ3) is 5.23. The largest absolute Gasteiger partial charge is 0.507 e. The molecule has 1 N–H and O–H groups in total. The summed E-state index contributed by atoms with van der Waals surface area (Å²) < 4.78 is 10.6. The topological polar surface area (TPSA) is 76.1 Å². The first kappa shape index (κ1) is 24.8. The quantitative estimate of drug-likeness (QED) is 0.232. The maximum Gasteiger partial charge on any atom is 0.295 e. The number of ether oxygens (including phenoxy) is 2. The summed E-state index contributed by atoms with van der Waals surface area (Å²) in [5.74, 6) is -0.782. The molecule has 2 aromatic carbocycles. The summed E-state index contributed by atoms with van der Waals surface area (Å²) in [7, 11) is 1.59. The lowest BCUT2D eigenvalue weighted by Crippen LogP contribution is -2.31. The average molecular weight is 472 g/mol. The van der Waals surface area contributed by atoms with E-state index in [-0.39, 0.29) is 11.3 Å². The van der Waals surface area contributed by atoms with Crippen LogP contribution in [0.2, 0.25) is 5.02 Å². The van der Waals surface area contributed by atoms with Gasteiger partial charge in [0, 0.05) is 25.8 Å². The molecule has 176 valence electrons. The highest BCUT2D eigenvalue weighted by molar-refractivity contribution is 6.46. The maximum absolute atomic E-state index is 13.1. The van der Waals surface area contributed by atoms with E-state index in [9.17, 15) is 14.7 Å². The van der Waals surface area contributed by atoms with Crippen molar-refractivity contribution < 1.29 is 24.2 Å². The number of aliphatic hydroxyl groups is 1. The molecule has 0 spiro atoms. The lowest BCUT2D eigenvalue weighted by atomic mass is 9.93. The number of methoxy groups -OCH3 is 1. The van der Waals surface area contributed by atoms with Gasteiger partial charge in [-0.15, -0.1) is 0 Å². The van der Waals surface area contributed by atoms with Gasteiger partial charge in [0.2, 0.25) is 0 Å². The van der Waals surface area contributed by atoms with Crippen LogP contribution < -0.4 is 4.74 Å². The normalized spacial score (nSPS) is 17.8. The van der Waals surface area contributed by atoms with Gasteiger partial charge in [0.05, 0.1) is 23.2 Å². The van der Waals surface area contributed by atoms with Crippen molar-refractivity contribution in [1.82, 2.24) is 4.90 Å². The Morgan fingerprint density at radius 3 is 2.42 bits per heavy atom. The summed E-state index contributed by atoms with van der Waals surface area (Å²) in [5.41, 5.74) is 2.31. The molecule has 2 aromatic rings. The van der Waals surface area contributed by atoms with Gasteiger partial charge in [0.1, 0.15) is 11.5 Å². The van der Waals surface area contributed by atoms with Gasteiger partial charge in [-0.1, -0.05) is 49.7 Å². The highest BCUT2D eigenvalue weighted by Crippen LogP contribution is 2.40. The summed E-state index contributed by atoms with van der Waals surface area (Å²) in [4.78, 5) is 27.5. The Balaban J connectivity index is 2.10. The second kappa shape index (κ2) is 10.9. The van der Waals surface area contributed by atoms with Crippen molar-refractivity contribution in [3.8, 4) is 5.75 Å². The maximum atomic E-state index is 13.1. The molecule has 7 heteroatoms. The zero-order valence-corrected chi connectivity index (χ0v) is 20.2. The fraction of sp³-hybridized carbons (Fsp3) is 0.385. The first-order chi connectivity index (χ1) is 15.8. The van der Waals surface area contributed by atoms with Crippen molar-refractivity contribution >= 4 is 29.1 Å². The van der Waals surface area contributed by atoms with Crippen LogP contribution in [0.15, 0.2) is 48.0 Å². The standard InChI is InChI=1S/C26H30ClNO5/c1-5-33-21-12-11-19(15-20(21)27)24(29)22-23(18-9-7-17(8-10-18)16(2)3)28(13-6-14-32-4)26(31)25(22)30/h7-12,15-16,23,29H,5-6,13-14H2,1-4H3/t23-/m0/s1. The van der Waals surface area contributed by atoms with Crippen LogP contribution >= 0.6 is 11.6 Å². The first-order valence-electron chi connectivity index (χ1n) is 11.1. The molecule has 3 rings (SSSR count). The molecule has 1 fully saturated rings. The number of carbonyl (C=O) groups is 2. The van der Waals surface area contributed by atoms with Gasteiger partial charge in [-0.05, 0) is 48.6 Å². The molecule has 33 heavy (non-hydrogen) atoms. The Morgan fingerprint density at radius 1 is 1.15 bits per heavy atom. The third-order valence-corrected chi connectivity index (χ3v) is 6.01. The highest BCUT2D eigenvalue weighted by atomic mass is 35.5. The molecule has 6 nitrogen and oxygen atoms in total. The Morgan fingerprint density at radius 2 is 1.85 bits per heavy atom. The van der Waals surface area contributed by atoms with E-state index in [1.807, 2.05) is 31.2 Å². The fourth-order valence-corrected chi connectivity index (χ4v) is 4.21. The van der Waals surface area contributed by atoms with E-state index in [0.29, 0.717) is 48.4 Å². The molecule has 0 saturated carbocycles. The second-order valence-corrected chi connectivity index (χ2v) is 8.65. The van der Waals surface area contributed by atoms with Crippen molar-refractivity contribution in [2.45, 2.75) is 39.2 Å². The van der Waals surface area contributed by atoms with E-state index in [1.165, 1.54) is 4.90 Å². The molecular weight excluding hydrogens is 442 g/mol. The first-order valence-corrected chi connectivity index (χ1v) is 11.5.